The highest BCUT2D eigenvalue weighted by Crippen LogP contribution is 2.56. The van der Waals surface area contributed by atoms with Gasteiger partial charge in [-0.1, -0.05) is 346 Å². The standard InChI is InChI=1S/C109H109BN6/c1-103(2,3)75-48-53-91-86(59-75)87-60-76(104(4,5)6)49-54-92(87)114(91)82-50-52-90-94(67-82)116(99-85(70-41-31-24-32-42-70)63-80(108(16,17)18)64-88(99)102-112-100(71-43-33-25-34-44-71)111-101(113-102)72-45-35-26-36-46-72)96-66-81(109(19,20)21)65-95-97(96)110(90)89-51-47-73(74-55-77(105(7,8)9)58-78(56-74)106(10,11)12)57-93(89)115(95)98-83(68-37-27-22-28-38-68)61-79(107(13,14)15)62-84(98)69-39-29-23-30-40-69/h22-67H,1-21H3. The first-order valence-electron chi connectivity index (χ1n) is 41.7. The zero-order chi connectivity index (χ0) is 81.7. The molecule has 0 bridgehead atoms. The molecule has 2 aromatic heterocycles. The molecule has 7 heteroatoms. The Morgan fingerprint density at radius 3 is 0.948 bits per heavy atom. The van der Waals surface area contributed by atoms with Crippen LogP contribution in [-0.2, 0) is 37.9 Å². The number of hydrogen-bond acceptors (Lipinski definition) is 5. The zero-order valence-electron chi connectivity index (χ0n) is 71.8. The summed E-state index contributed by atoms with van der Waals surface area (Å²) in [4.78, 5) is 22.5. The number of rotatable bonds is 10. The van der Waals surface area contributed by atoms with Crippen molar-refractivity contribution in [3.63, 3.8) is 0 Å². The van der Waals surface area contributed by atoms with Gasteiger partial charge in [0.25, 0.3) is 6.71 Å². The van der Waals surface area contributed by atoms with Gasteiger partial charge in [0.15, 0.2) is 17.5 Å². The maximum atomic E-state index is 5.81. The summed E-state index contributed by atoms with van der Waals surface area (Å²) in [6, 6.07) is 106. The number of nitrogens with zero attached hydrogens (tertiary/aromatic N) is 6. The first kappa shape index (κ1) is 76.9. The lowest BCUT2D eigenvalue weighted by molar-refractivity contribution is 0.569. The summed E-state index contributed by atoms with van der Waals surface area (Å²) < 4.78 is 2.55. The minimum Gasteiger partial charge on any atom is -0.310 e. The van der Waals surface area contributed by atoms with Gasteiger partial charge in [-0.25, -0.2) is 15.0 Å². The van der Waals surface area contributed by atoms with Crippen LogP contribution in [0.4, 0.5) is 34.1 Å². The summed E-state index contributed by atoms with van der Waals surface area (Å²) in [5, 5.41) is 2.48. The topological polar surface area (TPSA) is 50.1 Å². The van der Waals surface area contributed by atoms with E-state index in [0.29, 0.717) is 17.5 Å². The van der Waals surface area contributed by atoms with Crippen LogP contribution in [0.2, 0.25) is 0 Å². The smallest absolute Gasteiger partial charge is 0.252 e. The molecular weight excluding hydrogens is 1400 g/mol. The van der Waals surface area contributed by atoms with Crippen LogP contribution in [0.3, 0.4) is 0 Å². The molecule has 13 aromatic carbocycles. The lowest BCUT2D eigenvalue weighted by Gasteiger charge is -2.46. The third kappa shape index (κ3) is 14.0. The van der Waals surface area contributed by atoms with E-state index in [4.69, 9.17) is 15.0 Å². The van der Waals surface area contributed by atoms with Crippen molar-refractivity contribution in [3.8, 4) is 84.4 Å². The largest absolute Gasteiger partial charge is 0.310 e. The first-order valence-corrected chi connectivity index (χ1v) is 41.7. The van der Waals surface area contributed by atoms with Crippen molar-refractivity contribution in [2.75, 3.05) is 9.80 Å². The maximum Gasteiger partial charge on any atom is 0.252 e. The van der Waals surface area contributed by atoms with E-state index in [0.717, 1.165) is 112 Å². The average molecular weight is 1510 g/mol. The van der Waals surface area contributed by atoms with Gasteiger partial charge in [-0.3, -0.25) is 0 Å². The summed E-state index contributed by atoms with van der Waals surface area (Å²) in [6.45, 7) is 49.1. The number of fused-ring (bicyclic) bond motifs is 7. The molecule has 578 valence electrons. The molecule has 0 saturated carbocycles. The van der Waals surface area contributed by atoms with Gasteiger partial charge in [0.1, 0.15) is 0 Å². The molecule has 116 heavy (non-hydrogen) atoms. The molecule has 0 aliphatic carbocycles. The van der Waals surface area contributed by atoms with E-state index in [1.807, 2.05) is 0 Å². The Labute approximate surface area is 689 Å². The Morgan fingerprint density at radius 2 is 0.560 bits per heavy atom. The SMILES string of the molecule is CC(C)(C)c1cc(-c2ccc3c(c2)N(c2c(-c4ccccc4)cc(C(C)(C)C)cc2-c2ccccc2)c2cc(C(C)(C)C)cc4c2B3c2ccc(-n3c5ccc(C(C)(C)C)cc5c5cc(C(C)(C)C)ccc53)cc2N4c2c(-c3ccccc3)cc(C(C)(C)C)cc2-c2nc(-c3ccccc3)nc(-c3ccccc3)n2)cc(C(C)(C)C)c1. The summed E-state index contributed by atoms with van der Waals surface area (Å²) in [5.41, 5.74) is 32.7. The second-order valence-electron chi connectivity index (χ2n) is 39.9. The third-order valence-electron chi connectivity index (χ3n) is 24.3. The van der Waals surface area contributed by atoms with Crippen LogP contribution < -0.4 is 26.2 Å². The fourth-order valence-corrected chi connectivity index (χ4v) is 17.3. The highest BCUT2D eigenvalue weighted by Gasteiger charge is 2.47. The van der Waals surface area contributed by atoms with Gasteiger partial charge >= 0.3 is 0 Å². The molecule has 6 nitrogen and oxygen atoms in total. The van der Waals surface area contributed by atoms with E-state index < -0.39 is 5.41 Å². The molecule has 0 amide bonds. The Kier molecular flexibility index (Phi) is 18.6. The van der Waals surface area contributed by atoms with E-state index in [1.165, 1.54) is 66.1 Å². The Bertz CT molecular complexity index is 6120. The molecule has 0 unspecified atom stereocenters. The molecule has 0 spiro atoms. The first-order chi connectivity index (χ1) is 54.9. The van der Waals surface area contributed by atoms with Gasteiger partial charge in [0.2, 0.25) is 0 Å². The molecule has 15 aromatic rings. The normalized spacial score (nSPS) is 13.3. The quantitative estimate of drug-likeness (QED) is 0.128. The molecule has 2 aliphatic rings. The van der Waals surface area contributed by atoms with Crippen molar-refractivity contribution in [2.45, 2.75) is 183 Å². The highest BCUT2D eigenvalue weighted by atomic mass is 15.2. The van der Waals surface area contributed by atoms with Crippen LogP contribution in [0.1, 0.15) is 184 Å². The zero-order valence-corrected chi connectivity index (χ0v) is 71.8. The molecule has 4 heterocycles. The van der Waals surface area contributed by atoms with Crippen LogP contribution >= 0.6 is 0 Å². The fraction of sp³-hybridized carbons (Fsp3) is 0.257. The van der Waals surface area contributed by atoms with Gasteiger partial charge < -0.3 is 14.4 Å². The second-order valence-corrected chi connectivity index (χ2v) is 39.9. The molecule has 0 fully saturated rings. The number of benzene rings is 13. The molecule has 17 rings (SSSR count). The van der Waals surface area contributed by atoms with E-state index >= 15 is 0 Å². The fourth-order valence-electron chi connectivity index (χ4n) is 17.3. The highest BCUT2D eigenvalue weighted by molar-refractivity contribution is 7.00. The van der Waals surface area contributed by atoms with E-state index in [9.17, 15) is 0 Å². The Hall–Kier alpha value is -11.7. The molecule has 0 radical (unpaired) electrons. The van der Waals surface area contributed by atoms with Crippen LogP contribution in [0.5, 0.6) is 0 Å². The maximum absolute atomic E-state index is 5.81. The predicted octanol–water partition coefficient (Wildman–Crippen LogP) is 27.8. The van der Waals surface area contributed by atoms with Crippen LogP contribution in [0.25, 0.3) is 106 Å². The average Bonchev–Trinajstić information content (AvgIpc) is 0.695. The van der Waals surface area contributed by atoms with Gasteiger partial charge in [0.05, 0.1) is 22.4 Å². The van der Waals surface area contributed by atoms with Crippen molar-refractivity contribution >= 4 is 79.0 Å². The van der Waals surface area contributed by atoms with Gasteiger partial charge in [-0.05, 0) is 200 Å². The molecule has 0 N–H and O–H groups in total. The van der Waals surface area contributed by atoms with Gasteiger partial charge in [-0.2, -0.15) is 0 Å². The van der Waals surface area contributed by atoms with Gasteiger partial charge in [0, 0.05) is 72.6 Å². The Balaban J connectivity index is 1.08. The monoisotopic (exact) mass is 1510 g/mol. The minimum absolute atomic E-state index is 0.0890. The van der Waals surface area contributed by atoms with Crippen LogP contribution in [0, 0.1) is 0 Å². The number of anilines is 6. The van der Waals surface area contributed by atoms with Crippen molar-refractivity contribution in [3.05, 3.63) is 318 Å². The summed E-state index contributed by atoms with van der Waals surface area (Å²) in [6.07, 6.45) is 0. The minimum atomic E-state index is -0.397. The molecule has 0 atom stereocenters. The van der Waals surface area contributed by atoms with Gasteiger partial charge in [-0.15, -0.1) is 0 Å². The second kappa shape index (κ2) is 28.1. The van der Waals surface area contributed by atoms with E-state index in [1.54, 1.807) is 0 Å². The van der Waals surface area contributed by atoms with Crippen molar-refractivity contribution in [1.29, 1.82) is 0 Å². The lowest BCUT2D eigenvalue weighted by atomic mass is 9.33. The predicted molar refractivity (Wildman–Crippen MR) is 497 cm³/mol. The van der Waals surface area contributed by atoms with E-state index in [2.05, 4.69) is 439 Å². The number of aromatic nitrogens is 4. The van der Waals surface area contributed by atoms with Crippen molar-refractivity contribution in [2.24, 2.45) is 0 Å². The lowest BCUT2D eigenvalue weighted by Crippen LogP contribution is -2.61. The number of hydrogen-bond donors (Lipinski definition) is 0. The van der Waals surface area contributed by atoms with Crippen LogP contribution in [0.15, 0.2) is 279 Å². The van der Waals surface area contributed by atoms with Crippen molar-refractivity contribution in [1.82, 2.24) is 19.5 Å². The third-order valence-corrected chi connectivity index (χ3v) is 24.3. The summed E-state index contributed by atoms with van der Waals surface area (Å²) in [7, 11) is 0. The molecule has 2 aliphatic heterocycles. The summed E-state index contributed by atoms with van der Waals surface area (Å²) >= 11 is 0. The summed E-state index contributed by atoms with van der Waals surface area (Å²) in [5.74, 6) is 1.77. The Morgan fingerprint density at radius 1 is 0.233 bits per heavy atom. The van der Waals surface area contributed by atoms with Crippen LogP contribution in [-0.4, -0.2) is 26.2 Å². The van der Waals surface area contributed by atoms with Crippen molar-refractivity contribution < 1.29 is 0 Å². The molecule has 0 saturated heterocycles. The molecular formula is C109H109BN6. The van der Waals surface area contributed by atoms with E-state index in [-0.39, 0.29) is 39.2 Å².